The van der Waals surface area contributed by atoms with Gasteiger partial charge in [0, 0.05) is 23.2 Å². The number of carbonyl (C=O) groups excluding carboxylic acids is 2. The lowest BCUT2D eigenvalue weighted by Gasteiger charge is -2.24. The van der Waals surface area contributed by atoms with Crippen LogP contribution in [0.3, 0.4) is 0 Å². The van der Waals surface area contributed by atoms with E-state index in [9.17, 15) is 9.59 Å². The van der Waals surface area contributed by atoms with Crippen molar-refractivity contribution in [1.29, 1.82) is 0 Å². The van der Waals surface area contributed by atoms with E-state index in [1.165, 1.54) is 11.0 Å². The van der Waals surface area contributed by atoms with Crippen molar-refractivity contribution >= 4 is 29.5 Å². The third-order valence-electron chi connectivity index (χ3n) is 3.16. The summed E-state index contributed by atoms with van der Waals surface area (Å²) in [5.41, 5.74) is 1.53. The topological polar surface area (TPSA) is 49.4 Å². The van der Waals surface area contributed by atoms with Crippen LogP contribution in [0, 0.1) is 6.92 Å². The van der Waals surface area contributed by atoms with Crippen LogP contribution in [-0.2, 0) is 9.59 Å². The second-order valence-corrected chi connectivity index (χ2v) is 6.90. The van der Waals surface area contributed by atoms with Crippen molar-refractivity contribution in [3.8, 4) is 0 Å². The Morgan fingerprint density at radius 1 is 1.30 bits per heavy atom. The molecule has 126 valence electrons. The van der Waals surface area contributed by atoms with Gasteiger partial charge in [0.15, 0.2) is 0 Å². The number of nitrogens with zero attached hydrogens (tertiary/aromatic N) is 1. The molecule has 4 nitrogen and oxygen atoms in total. The zero-order valence-corrected chi connectivity index (χ0v) is 15.2. The van der Waals surface area contributed by atoms with Gasteiger partial charge in [0.1, 0.15) is 0 Å². The van der Waals surface area contributed by atoms with Gasteiger partial charge in [-0.3, -0.25) is 9.59 Å². The van der Waals surface area contributed by atoms with Crippen LogP contribution >= 0.6 is 11.6 Å². The third kappa shape index (κ3) is 6.87. The molecule has 0 saturated carbocycles. The highest BCUT2D eigenvalue weighted by Gasteiger charge is 2.18. The zero-order valence-electron chi connectivity index (χ0n) is 14.4. The van der Waals surface area contributed by atoms with Gasteiger partial charge >= 0.3 is 0 Å². The second kappa shape index (κ2) is 8.16. The second-order valence-electron chi connectivity index (χ2n) is 6.49. The average molecular weight is 337 g/mol. The zero-order chi connectivity index (χ0) is 17.6. The van der Waals surface area contributed by atoms with Gasteiger partial charge in [0.25, 0.3) is 0 Å². The van der Waals surface area contributed by atoms with Gasteiger partial charge in [-0.15, -0.1) is 0 Å². The number of nitrogens with one attached hydrogen (secondary N) is 1. The smallest absolute Gasteiger partial charge is 0.247 e. The number of carbonyl (C=O) groups is 2. The van der Waals surface area contributed by atoms with Gasteiger partial charge in [-0.05, 0) is 57.9 Å². The number of benzene rings is 1. The van der Waals surface area contributed by atoms with Crippen LogP contribution in [0.2, 0.25) is 5.02 Å². The minimum absolute atomic E-state index is 0.0472. The summed E-state index contributed by atoms with van der Waals surface area (Å²) < 4.78 is 0. The Labute approximate surface area is 143 Å². The van der Waals surface area contributed by atoms with E-state index in [0.29, 0.717) is 11.6 Å². The van der Waals surface area contributed by atoms with Gasteiger partial charge in [-0.2, -0.15) is 0 Å². The molecule has 0 aromatic heterocycles. The molecule has 1 N–H and O–H groups in total. The molecule has 0 unspecified atom stereocenters. The fourth-order valence-corrected chi connectivity index (χ4v) is 2.15. The summed E-state index contributed by atoms with van der Waals surface area (Å²) in [6, 6.07) is 5.61. The van der Waals surface area contributed by atoms with Crippen LogP contribution in [0.1, 0.15) is 38.8 Å². The van der Waals surface area contributed by atoms with Crippen LogP contribution in [0.25, 0.3) is 6.08 Å². The van der Waals surface area contributed by atoms with Gasteiger partial charge in [-0.25, -0.2) is 0 Å². The van der Waals surface area contributed by atoms with Crippen molar-refractivity contribution in [1.82, 2.24) is 10.2 Å². The van der Waals surface area contributed by atoms with Crippen LogP contribution in [0.5, 0.6) is 0 Å². The van der Waals surface area contributed by atoms with Crippen LogP contribution in [0.4, 0.5) is 0 Å². The van der Waals surface area contributed by atoms with E-state index in [2.05, 4.69) is 5.32 Å². The van der Waals surface area contributed by atoms with Gasteiger partial charge < -0.3 is 10.2 Å². The van der Waals surface area contributed by atoms with Crippen molar-refractivity contribution in [2.24, 2.45) is 0 Å². The summed E-state index contributed by atoms with van der Waals surface area (Å²) >= 11 is 6.07. The lowest BCUT2D eigenvalue weighted by molar-refractivity contribution is -0.132. The van der Waals surface area contributed by atoms with Crippen molar-refractivity contribution in [3.63, 3.8) is 0 Å². The summed E-state index contributed by atoms with van der Waals surface area (Å²) in [6.07, 6.45) is 3.17. The van der Waals surface area contributed by atoms with E-state index in [4.69, 9.17) is 11.6 Å². The number of hydrogen-bond donors (Lipinski definition) is 1. The van der Waals surface area contributed by atoms with E-state index < -0.39 is 0 Å². The summed E-state index contributed by atoms with van der Waals surface area (Å²) in [5.74, 6) is -0.368. The fraction of sp³-hybridized carbons (Fsp3) is 0.444. The van der Waals surface area contributed by atoms with Crippen molar-refractivity contribution < 1.29 is 9.59 Å². The van der Waals surface area contributed by atoms with E-state index in [1.54, 1.807) is 6.08 Å². The first kappa shape index (κ1) is 19.2. The Morgan fingerprint density at radius 2 is 1.96 bits per heavy atom. The number of rotatable bonds is 5. The monoisotopic (exact) mass is 336 g/mol. The SMILES string of the molecule is CCN(CC(=O)NC(C)(C)C)C(=O)/C=C/c1ccc(C)c(Cl)c1. The number of halogens is 1. The minimum Gasteiger partial charge on any atom is -0.350 e. The van der Waals surface area contributed by atoms with Gasteiger partial charge in [0.05, 0.1) is 6.54 Å². The average Bonchev–Trinajstić information content (AvgIpc) is 2.43. The summed E-state index contributed by atoms with van der Waals surface area (Å²) in [5, 5.41) is 3.52. The predicted octanol–water partition coefficient (Wildman–Crippen LogP) is 3.42. The molecule has 5 heteroatoms. The number of hydrogen-bond acceptors (Lipinski definition) is 2. The van der Waals surface area contributed by atoms with E-state index in [-0.39, 0.29) is 23.9 Å². The third-order valence-corrected chi connectivity index (χ3v) is 3.56. The molecule has 0 spiro atoms. The molecule has 0 radical (unpaired) electrons. The molecule has 1 aromatic rings. The molecule has 0 heterocycles. The summed E-state index contributed by atoms with van der Waals surface area (Å²) in [6.45, 7) is 10.0. The molecule has 0 saturated heterocycles. The highest BCUT2D eigenvalue weighted by molar-refractivity contribution is 6.31. The molecule has 0 aliphatic heterocycles. The summed E-state index contributed by atoms with van der Waals surface area (Å²) in [4.78, 5) is 25.7. The van der Waals surface area contributed by atoms with Crippen LogP contribution < -0.4 is 5.32 Å². The minimum atomic E-state index is -0.311. The highest BCUT2D eigenvalue weighted by atomic mass is 35.5. The molecule has 23 heavy (non-hydrogen) atoms. The molecule has 0 fully saturated rings. The predicted molar refractivity (Wildman–Crippen MR) is 95.4 cm³/mol. The number of likely N-dealkylation sites (N-methyl/N-ethyl adjacent to an activating group) is 1. The number of amides is 2. The normalized spacial score (nSPS) is 11.6. The molecule has 1 rings (SSSR count). The lowest BCUT2D eigenvalue weighted by atomic mass is 10.1. The quantitative estimate of drug-likeness (QED) is 0.837. The van der Waals surface area contributed by atoms with Crippen LogP contribution in [-0.4, -0.2) is 35.3 Å². The molecule has 0 aliphatic rings. The highest BCUT2D eigenvalue weighted by Crippen LogP contribution is 2.17. The van der Waals surface area contributed by atoms with E-state index >= 15 is 0 Å². The Kier molecular flexibility index (Phi) is 6.82. The fourth-order valence-electron chi connectivity index (χ4n) is 1.96. The van der Waals surface area contributed by atoms with Gasteiger partial charge in [-0.1, -0.05) is 23.7 Å². The van der Waals surface area contributed by atoms with E-state index in [0.717, 1.165) is 11.1 Å². The standard InChI is InChI=1S/C18H25ClN2O2/c1-6-21(12-16(22)20-18(3,4)5)17(23)10-9-14-8-7-13(2)15(19)11-14/h7-11H,6,12H2,1-5H3,(H,20,22)/b10-9+. The van der Waals surface area contributed by atoms with Crippen LogP contribution in [0.15, 0.2) is 24.3 Å². The first-order valence-electron chi connectivity index (χ1n) is 7.66. The Bertz CT molecular complexity index is 604. The first-order valence-corrected chi connectivity index (χ1v) is 8.04. The maximum Gasteiger partial charge on any atom is 0.247 e. The largest absolute Gasteiger partial charge is 0.350 e. The molecular formula is C18H25ClN2O2. The molecule has 0 aliphatic carbocycles. The summed E-state index contributed by atoms with van der Waals surface area (Å²) in [7, 11) is 0. The lowest BCUT2D eigenvalue weighted by Crippen LogP contribution is -2.47. The Morgan fingerprint density at radius 3 is 2.48 bits per heavy atom. The van der Waals surface area contributed by atoms with Crippen molar-refractivity contribution in [3.05, 3.63) is 40.4 Å². The maximum atomic E-state index is 12.2. The molecular weight excluding hydrogens is 312 g/mol. The van der Waals surface area contributed by atoms with Gasteiger partial charge in [0.2, 0.25) is 11.8 Å². The molecule has 2 amide bonds. The molecule has 0 bridgehead atoms. The van der Waals surface area contributed by atoms with Crippen molar-refractivity contribution in [2.45, 2.75) is 40.2 Å². The maximum absolute atomic E-state index is 12.2. The number of aryl methyl sites for hydroxylation is 1. The van der Waals surface area contributed by atoms with Crippen molar-refractivity contribution in [2.75, 3.05) is 13.1 Å². The Balaban J connectivity index is 2.71. The Hall–Kier alpha value is -1.81. The van der Waals surface area contributed by atoms with E-state index in [1.807, 2.05) is 52.8 Å². The molecule has 0 atom stereocenters. The first-order chi connectivity index (χ1) is 10.6. The molecule has 1 aromatic carbocycles.